The molecule has 18 heavy (non-hydrogen) atoms. The van der Waals surface area contributed by atoms with E-state index in [1.807, 2.05) is 0 Å². The Kier molecular flexibility index (Phi) is 5.21. The first kappa shape index (κ1) is 13.6. The van der Waals surface area contributed by atoms with Gasteiger partial charge in [0, 0.05) is 12.6 Å². The van der Waals surface area contributed by atoms with Crippen molar-refractivity contribution in [2.75, 3.05) is 26.7 Å². The van der Waals surface area contributed by atoms with Crippen LogP contribution in [0.4, 0.5) is 0 Å². The van der Waals surface area contributed by atoms with E-state index in [1.165, 1.54) is 37.9 Å². The third-order valence-corrected chi connectivity index (χ3v) is 4.20. The van der Waals surface area contributed by atoms with Crippen LogP contribution in [0.2, 0.25) is 0 Å². The van der Waals surface area contributed by atoms with Crippen molar-refractivity contribution < 1.29 is 0 Å². The van der Waals surface area contributed by atoms with Gasteiger partial charge in [-0.25, -0.2) is 0 Å². The summed E-state index contributed by atoms with van der Waals surface area (Å²) in [7, 11) is 2.28. The molecular weight excluding hydrogens is 220 g/mol. The summed E-state index contributed by atoms with van der Waals surface area (Å²) in [4.78, 5) is 2.55. The second kappa shape index (κ2) is 6.91. The Morgan fingerprint density at radius 2 is 2.00 bits per heavy atom. The van der Waals surface area contributed by atoms with Crippen molar-refractivity contribution in [1.29, 1.82) is 0 Å². The number of nitrogens with one attached hydrogen (secondary N) is 1. The summed E-state index contributed by atoms with van der Waals surface area (Å²) in [5.74, 6) is 0.866. The van der Waals surface area contributed by atoms with E-state index in [0.717, 1.165) is 18.5 Å². The van der Waals surface area contributed by atoms with Gasteiger partial charge in [0.15, 0.2) is 0 Å². The fourth-order valence-corrected chi connectivity index (χ4v) is 2.82. The van der Waals surface area contributed by atoms with Crippen LogP contribution in [0.15, 0.2) is 30.3 Å². The highest BCUT2D eigenvalue weighted by atomic mass is 15.1. The molecule has 1 fully saturated rings. The third kappa shape index (κ3) is 3.56. The minimum Gasteiger partial charge on any atom is -0.317 e. The molecule has 0 amide bonds. The molecule has 0 bridgehead atoms. The van der Waals surface area contributed by atoms with Crippen molar-refractivity contribution in [3.63, 3.8) is 0 Å². The quantitative estimate of drug-likeness (QED) is 0.795. The summed E-state index contributed by atoms with van der Waals surface area (Å²) in [5, 5.41) is 3.48. The van der Waals surface area contributed by atoms with E-state index in [1.54, 1.807) is 0 Å². The molecular formula is C16H26N2. The monoisotopic (exact) mass is 246 g/mol. The molecule has 1 aliphatic carbocycles. The highest BCUT2D eigenvalue weighted by Crippen LogP contribution is 2.30. The Bertz CT molecular complexity index is 336. The second-order valence-corrected chi connectivity index (χ2v) is 5.43. The van der Waals surface area contributed by atoms with Crippen molar-refractivity contribution >= 4 is 0 Å². The van der Waals surface area contributed by atoms with E-state index >= 15 is 0 Å². The van der Waals surface area contributed by atoms with E-state index < -0.39 is 0 Å². The second-order valence-electron chi connectivity index (χ2n) is 5.43. The maximum Gasteiger partial charge on any atom is 0.0133 e. The molecule has 1 N–H and O–H groups in total. The lowest BCUT2D eigenvalue weighted by atomic mass is 9.78. The number of nitrogens with zero attached hydrogens (tertiary/aromatic N) is 1. The SMILES string of the molecule is CCNCC1CCC1N(C)CCc1ccccc1. The Morgan fingerprint density at radius 1 is 1.22 bits per heavy atom. The largest absolute Gasteiger partial charge is 0.317 e. The standard InChI is InChI=1S/C16H26N2/c1-3-17-13-15-9-10-16(15)18(2)12-11-14-7-5-4-6-8-14/h4-8,15-17H,3,9-13H2,1-2H3. The summed E-state index contributed by atoms with van der Waals surface area (Å²) >= 11 is 0. The lowest BCUT2D eigenvalue weighted by Crippen LogP contribution is -2.49. The van der Waals surface area contributed by atoms with Crippen LogP contribution in [0.3, 0.4) is 0 Å². The van der Waals surface area contributed by atoms with Crippen LogP contribution in [0.5, 0.6) is 0 Å². The fraction of sp³-hybridized carbons (Fsp3) is 0.625. The molecule has 0 aromatic heterocycles. The number of benzene rings is 1. The molecule has 2 unspecified atom stereocenters. The molecule has 1 aromatic rings. The highest BCUT2D eigenvalue weighted by Gasteiger charge is 2.32. The van der Waals surface area contributed by atoms with Crippen LogP contribution < -0.4 is 5.32 Å². The van der Waals surface area contributed by atoms with Crippen LogP contribution >= 0.6 is 0 Å². The van der Waals surface area contributed by atoms with Gasteiger partial charge < -0.3 is 10.2 Å². The molecule has 0 heterocycles. The van der Waals surface area contributed by atoms with E-state index in [2.05, 4.69) is 54.5 Å². The lowest BCUT2D eigenvalue weighted by molar-refractivity contribution is 0.0851. The van der Waals surface area contributed by atoms with Gasteiger partial charge in [0.25, 0.3) is 0 Å². The zero-order valence-corrected chi connectivity index (χ0v) is 11.7. The first-order valence-electron chi connectivity index (χ1n) is 7.26. The maximum atomic E-state index is 3.48. The third-order valence-electron chi connectivity index (χ3n) is 4.20. The Morgan fingerprint density at radius 3 is 2.61 bits per heavy atom. The number of likely N-dealkylation sites (N-methyl/N-ethyl adjacent to an activating group) is 1. The van der Waals surface area contributed by atoms with Crippen molar-refractivity contribution in [2.45, 2.75) is 32.2 Å². The molecule has 100 valence electrons. The highest BCUT2D eigenvalue weighted by molar-refractivity contribution is 5.14. The molecule has 1 aromatic carbocycles. The van der Waals surface area contributed by atoms with Gasteiger partial charge in [0.2, 0.25) is 0 Å². The number of hydrogen-bond acceptors (Lipinski definition) is 2. The fourth-order valence-electron chi connectivity index (χ4n) is 2.82. The lowest BCUT2D eigenvalue weighted by Gasteiger charge is -2.43. The van der Waals surface area contributed by atoms with Gasteiger partial charge in [-0.1, -0.05) is 37.3 Å². The van der Waals surface area contributed by atoms with Crippen molar-refractivity contribution in [2.24, 2.45) is 5.92 Å². The molecule has 2 rings (SSSR count). The molecule has 0 spiro atoms. The van der Waals surface area contributed by atoms with Crippen LogP contribution in [0, 0.1) is 5.92 Å². The smallest absolute Gasteiger partial charge is 0.0133 e. The summed E-state index contributed by atoms with van der Waals surface area (Å²) in [6, 6.07) is 11.6. The van der Waals surface area contributed by atoms with E-state index in [-0.39, 0.29) is 0 Å². The minimum absolute atomic E-state index is 0.799. The van der Waals surface area contributed by atoms with Gasteiger partial charge in [0.05, 0.1) is 0 Å². The van der Waals surface area contributed by atoms with Crippen molar-refractivity contribution in [3.05, 3.63) is 35.9 Å². The van der Waals surface area contributed by atoms with Crippen LogP contribution in [0.1, 0.15) is 25.3 Å². The van der Waals surface area contributed by atoms with Crippen molar-refractivity contribution in [3.8, 4) is 0 Å². The molecule has 2 atom stereocenters. The van der Waals surface area contributed by atoms with Gasteiger partial charge in [-0.15, -0.1) is 0 Å². The first-order valence-corrected chi connectivity index (χ1v) is 7.26. The van der Waals surface area contributed by atoms with Gasteiger partial charge in [0.1, 0.15) is 0 Å². The molecule has 1 aliphatic rings. The Hall–Kier alpha value is -0.860. The normalized spacial score (nSPS) is 23.1. The van der Waals surface area contributed by atoms with Gasteiger partial charge in [-0.3, -0.25) is 0 Å². The zero-order valence-electron chi connectivity index (χ0n) is 11.7. The van der Waals surface area contributed by atoms with E-state index in [4.69, 9.17) is 0 Å². The number of rotatable bonds is 7. The first-order chi connectivity index (χ1) is 8.81. The molecule has 1 saturated carbocycles. The van der Waals surface area contributed by atoms with Gasteiger partial charge in [-0.05, 0) is 50.9 Å². The Labute approximate surface area is 111 Å². The average Bonchev–Trinajstić information content (AvgIpc) is 2.37. The molecule has 2 nitrogen and oxygen atoms in total. The zero-order chi connectivity index (χ0) is 12.8. The maximum absolute atomic E-state index is 3.48. The molecule has 2 heteroatoms. The molecule has 0 aliphatic heterocycles. The predicted molar refractivity (Wildman–Crippen MR) is 77.8 cm³/mol. The van der Waals surface area contributed by atoms with Crippen LogP contribution in [-0.4, -0.2) is 37.6 Å². The van der Waals surface area contributed by atoms with Gasteiger partial charge >= 0.3 is 0 Å². The topological polar surface area (TPSA) is 15.3 Å². The van der Waals surface area contributed by atoms with Crippen molar-refractivity contribution in [1.82, 2.24) is 10.2 Å². The number of hydrogen-bond donors (Lipinski definition) is 1. The van der Waals surface area contributed by atoms with Crippen LogP contribution in [-0.2, 0) is 6.42 Å². The van der Waals surface area contributed by atoms with E-state index in [0.29, 0.717) is 0 Å². The minimum atomic E-state index is 0.799. The molecule has 0 saturated heterocycles. The van der Waals surface area contributed by atoms with Crippen LogP contribution in [0.25, 0.3) is 0 Å². The van der Waals surface area contributed by atoms with Gasteiger partial charge in [-0.2, -0.15) is 0 Å². The Balaban J connectivity index is 1.73. The molecule has 0 radical (unpaired) electrons. The summed E-state index contributed by atoms with van der Waals surface area (Å²) < 4.78 is 0. The predicted octanol–water partition coefficient (Wildman–Crippen LogP) is 2.55. The average molecular weight is 246 g/mol. The van der Waals surface area contributed by atoms with E-state index in [9.17, 15) is 0 Å². The summed E-state index contributed by atoms with van der Waals surface area (Å²) in [5.41, 5.74) is 1.45. The summed E-state index contributed by atoms with van der Waals surface area (Å²) in [6.07, 6.45) is 3.94. The summed E-state index contributed by atoms with van der Waals surface area (Å²) in [6.45, 7) is 5.65.